The smallest absolute Gasteiger partial charge is 0.181 e. The van der Waals surface area contributed by atoms with Crippen molar-refractivity contribution in [3.05, 3.63) is 65.7 Å². The molecule has 0 aliphatic rings. The van der Waals surface area contributed by atoms with E-state index in [-0.39, 0.29) is 5.78 Å². The van der Waals surface area contributed by atoms with Gasteiger partial charge in [-0.25, -0.2) is 0 Å². The third kappa shape index (κ3) is 3.44. The average molecular weight is 253 g/mol. The number of Topliss-reactive ketones (excluding diaryl/α,β-unsaturated/α-hetero) is 1. The van der Waals surface area contributed by atoms with Crippen LogP contribution in [0.1, 0.15) is 35.7 Å². The Hall–Kier alpha value is -2.09. The minimum absolute atomic E-state index is 0.110. The van der Waals surface area contributed by atoms with Crippen molar-refractivity contribution in [2.45, 2.75) is 19.8 Å². The molecule has 2 heteroatoms. The van der Waals surface area contributed by atoms with Gasteiger partial charge in [0.25, 0.3) is 0 Å². The summed E-state index contributed by atoms with van der Waals surface area (Å²) < 4.78 is 0. The fourth-order valence-electron chi connectivity index (χ4n) is 2.06. The number of rotatable bonds is 5. The number of carbonyl (C=O) groups excluding carboxylic acids is 1. The van der Waals surface area contributed by atoms with Gasteiger partial charge in [0, 0.05) is 11.3 Å². The van der Waals surface area contributed by atoms with Crippen molar-refractivity contribution in [1.82, 2.24) is 0 Å². The number of ketones is 1. The van der Waals surface area contributed by atoms with E-state index in [1.165, 1.54) is 5.56 Å². The molecule has 1 N–H and O–H groups in total. The van der Waals surface area contributed by atoms with Crippen LogP contribution in [0.3, 0.4) is 0 Å². The molecule has 0 amide bonds. The van der Waals surface area contributed by atoms with E-state index < -0.39 is 0 Å². The average Bonchev–Trinajstić information content (AvgIpc) is 2.46. The lowest BCUT2D eigenvalue weighted by atomic mass is 10.0. The van der Waals surface area contributed by atoms with Gasteiger partial charge < -0.3 is 5.32 Å². The Morgan fingerprint density at radius 3 is 2.32 bits per heavy atom. The summed E-state index contributed by atoms with van der Waals surface area (Å²) in [5.74, 6) is 0.551. The summed E-state index contributed by atoms with van der Waals surface area (Å²) in [6.07, 6.45) is 0. The Kier molecular flexibility index (Phi) is 4.35. The Labute approximate surface area is 114 Å². The number of hydrogen-bond acceptors (Lipinski definition) is 2. The summed E-state index contributed by atoms with van der Waals surface area (Å²) in [5.41, 5.74) is 3.03. The summed E-state index contributed by atoms with van der Waals surface area (Å²) in [6.45, 7) is 4.63. The Balaban J connectivity index is 2.05. The van der Waals surface area contributed by atoms with Gasteiger partial charge in [0.1, 0.15) is 0 Å². The monoisotopic (exact) mass is 253 g/mol. The van der Waals surface area contributed by atoms with Crippen LogP contribution in [0.15, 0.2) is 54.6 Å². The first-order valence-electron chi connectivity index (χ1n) is 6.59. The molecule has 0 saturated heterocycles. The van der Waals surface area contributed by atoms with E-state index in [9.17, 15) is 4.79 Å². The number of anilines is 1. The molecule has 0 aliphatic heterocycles. The van der Waals surface area contributed by atoms with Crippen LogP contribution in [0.25, 0.3) is 0 Å². The normalized spacial score (nSPS) is 10.5. The molecule has 0 bridgehead atoms. The molecule has 0 unspecified atom stereocenters. The maximum Gasteiger partial charge on any atom is 0.181 e. The van der Waals surface area contributed by atoms with Gasteiger partial charge in [0.2, 0.25) is 0 Å². The van der Waals surface area contributed by atoms with Crippen molar-refractivity contribution in [3.63, 3.8) is 0 Å². The molecule has 0 saturated carbocycles. The zero-order valence-corrected chi connectivity index (χ0v) is 11.4. The Morgan fingerprint density at radius 2 is 1.63 bits per heavy atom. The van der Waals surface area contributed by atoms with Crippen LogP contribution in [0.4, 0.5) is 5.69 Å². The van der Waals surface area contributed by atoms with Crippen LogP contribution in [0.2, 0.25) is 0 Å². The summed E-state index contributed by atoms with van der Waals surface area (Å²) in [5, 5.41) is 3.24. The third-order valence-electron chi connectivity index (χ3n) is 3.12. The quantitative estimate of drug-likeness (QED) is 0.813. The van der Waals surface area contributed by atoms with Gasteiger partial charge in [-0.3, -0.25) is 4.79 Å². The molecule has 0 aliphatic carbocycles. The number of hydrogen-bond donors (Lipinski definition) is 1. The highest BCUT2D eigenvalue weighted by Gasteiger charge is 2.08. The second-order valence-electron chi connectivity index (χ2n) is 4.88. The lowest BCUT2D eigenvalue weighted by Crippen LogP contribution is -2.15. The summed E-state index contributed by atoms with van der Waals surface area (Å²) in [7, 11) is 0. The van der Waals surface area contributed by atoms with Gasteiger partial charge in [-0.1, -0.05) is 62.4 Å². The Bertz CT molecular complexity index is 546. The summed E-state index contributed by atoms with van der Waals surface area (Å²) >= 11 is 0. The van der Waals surface area contributed by atoms with E-state index in [0.717, 1.165) is 11.3 Å². The molecule has 19 heavy (non-hydrogen) atoms. The molecule has 0 heterocycles. The van der Waals surface area contributed by atoms with Crippen molar-refractivity contribution in [1.29, 1.82) is 0 Å². The van der Waals surface area contributed by atoms with Crippen molar-refractivity contribution in [2.75, 3.05) is 11.9 Å². The molecule has 0 spiro atoms. The molecule has 2 aromatic rings. The van der Waals surface area contributed by atoms with Gasteiger partial charge >= 0.3 is 0 Å². The van der Waals surface area contributed by atoms with E-state index in [0.29, 0.717) is 12.5 Å². The molecule has 2 rings (SSSR count). The molecule has 0 fully saturated rings. The maximum absolute atomic E-state index is 12.0. The number of para-hydroxylation sites is 1. The standard InChI is InChI=1S/C17H19NO/c1-13(2)15-10-6-7-11-16(15)18-12-17(19)14-8-4-3-5-9-14/h3-11,13,18H,12H2,1-2H3. The molecular formula is C17H19NO. The predicted molar refractivity (Wildman–Crippen MR) is 79.8 cm³/mol. The van der Waals surface area contributed by atoms with Crippen LogP contribution in [-0.2, 0) is 0 Å². The SMILES string of the molecule is CC(C)c1ccccc1NCC(=O)c1ccccc1. The van der Waals surface area contributed by atoms with E-state index in [1.807, 2.05) is 48.5 Å². The zero-order chi connectivity index (χ0) is 13.7. The highest BCUT2D eigenvalue weighted by Crippen LogP contribution is 2.23. The first-order valence-corrected chi connectivity index (χ1v) is 6.59. The molecule has 0 aromatic heterocycles. The minimum atomic E-state index is 0.110. The summed E-state index contributed by atoms with van der Waals surface area (Å²) in [4.78, 5) is 12.0. The second-order valence-corrected chi connectivity index (χ2v) is 4.88. The van der Waals surface area contributed by atoms with E-state index in [1.54, 1.807) is 0 Å². The lowest BCUT2D eigenvalue weighted by Gasteiger charge is -2.14. The predicted octanol–water partition coefficient (Wildman–Crippen LogP) is 4.10. The van der Waals surface area contributed by atoms with Crippen LogP contribution in [0, 0.1) is 0 Å². The van der Waals surface area contributed by atoms with E-state index >= 15 is 0 Å². The second kappa shape index (κ2) is 6.19. The van der Waals surface area contributed by atoms with Crippen molar-refractivity contribution < 1.29 is 4.79 Å². The Morgan fingerprint density at radius 1 is 1.00 bits per heavy atom. The zero-order valence-electron chi connectivity index (χ0n) is 11.4. The fraction of sp³-hybridized carbons (Fsp3) is 0.235. The minimum Gasteiger partial charge on any atom is -0.377 e. The van der Waals surface area contributed by atoms with Crippen molar-refractivity contribution >= 4 is 11.5 Å². The van der Waals surface area contributed by atoms with Gasteiger partial charge in [0.15, 0.2) is 5.78 Å². The van der Waals surface area contributed by atoms with Crippen molar-refractivity contribution in [2.24, 2.45) is 0 Å². The number of nitrogens with one attached hydrogen (secondary N) is 1. The molecular weight excluding hydrogens is 234 g/mol. The van der Waals surface area contributed by atoms with Crippen LogP contribution in [-0.4, -0.2) is 12.3 Å². The highest BCUT2D eigenvalue weighted by molar-refractivity contribution is 5.99. The topological polar surface area (TPSA) is 29.1 Å². The van der Waals surface area contributed by atoms with Crippen LogP contribution < -0.4 is 5.32 Å². The number of benzene rings is 2. The van der Waals surface area contributed by atoms with E-state index in [2.05, 4.69) is 25.2 Å². The third-order valence-corrected chi connectivity index (χ3v) is 3.12. The fourth-order valence-corrected chi connectivity index (χ4v) is 2.06. The number of carbonyl (C=O) groups is 1. The lowest BCUT2D eigenvalue weighted by molar-refractivity contribution is 0.101. The van der Waals surface area contributed by atoms with Crippen LogP contribution in [0.5, 0.6) is 0 Å². The highest BCUT2D eigenvalue weighted by atomic mass is 16.1. The van der Waals surface area contributed by atoms with Crippen molar-refractivity contribution in [3.8, 4) is 0 Å². The van der Waals surface area contributed by atoms with Gasteiger partial charge in [-0.15, -0.1) is 0 Å². The first-order chi connectivity index (χ1) is 9.18. The molecule has 0 atom stereocenters. The van der Waals surface area contributed by atoms with E-state index in [4.69, 9.17) is 0 Å². The largest absolute Gasteiger partial charge is 0.377 e. The molecule has 2 nitrogen and oxygen atoms in total. The molecule has 2 aromatic carbocycles. The maximum atomic E-state index is 12.0. The van der Waals surface area contributed by atoms with Gasteiger partial charge in [-0.2, -0.15) is 0 Å². The van der Waals surface area contributed by atoms with Gasteiger partial charge in [0.05, 0.1) is 6.54 Å². The molecule has 0 radical (unpaired) electrons. The first kappa shape index (κ1) is 13.3. The van der Waals surface area contributed by atoms with Gasteiger partial charge in [-0.05, 0) is 17.5 Å². The molecule has 98 valence electrons. The van der Waals surface area contributed by atoms with Crippen LogP contribution >= 0.6 is 0 Å². The summed E-state index contributed by atoms with van der Waals surface area (Å²) in [6, 6.07) is 17.5.